The van der Waals surface area contributed by atoms with Crippen LogP contribution in [-0.2, 0) is 20.9 Å². The number of nitrogens with zero attached hydrogens (tertiary/aromatic N) is 2. The summed E-state index contributed by atoms with van der Waals surface area (Å²) >= 11 is 0. The zero-order chi connectivity index (χ0) is 17.8. The van der Waals surface area contributed by atoms with Gasteiger partial charge in [0, 0.05) is 18.8 Å². The van der Waals surface area contributed by atoms with E-state index >= 15 is 0 Å². The van der Waals surface area contributed by atoms with Crippen LogP contribution in [0.3, 0.4) is 0 Å². The monoisotopic (exact) mass is 343 g/mol. The van der Waals surface area contributed by atoms with Gasteiger partial charge in [-0.05, 0) is 18.2 Å². The lowest BCUT2D eigenvalue weighted by Gasteiger charge is -2.38. The second kappa shape index (κ2) is 7.40. The Morgan fingerprint density at radius 1 is 1.32 bits per heavy atom. The number of carbonyl (C=O) groups excluding carboxylic acids is 2. The first-order chi connectivity index (χ1) is 12.1. The van der Waals surface area contributed by atoms with Crippen molar-refractivity contribution in [3.63, 3.8) is 0 Å². The van der Waals surface area contributed by atoms with Crippen molar-refractivity contribution in [3.05, 3.63) is 65.7 Å². The topological polar surface area (TPSA) is 71.5 Å². The van der Waals surface area contributed by atoms with Gasteiger partial charge in [-0.1, -0.05) is 24.3 Å². The summed E-state index contributed by atoms with van der Waals surface area (Å²) in [4.78, 5) is 30.1. The molecule has 2 heterocycles. The molecule has 1 aromatic carbocycles. The molecule has 2 amide bonds. The van der Waals surface area contributed by atoms with E-state index in [0.717, 1.165) is 0 Å². The van der Waals surface area contributed by atoms with Crippen LogP contribution in [0.4, 0.5) is 4.39 Å². The fourth-order valence-electron chi connectivity index (χ4n) is 2.80. The number of nitrogens with one attached hydrogen (secondary N) is 1. The van der Waals surface area contributed by atoms with E-state index in [2.05, 4.69) is 10.3 Å². The van der Waals surface area contributed by atoms with Crippen molar-refractivity contribution >= 4 is 11.8 Å². The number of morpholine rings is 1. The van der Waals surface area contributed by atoms with Gasteiger partial charge >= 0.3 is 0 Å². The smallest absolute Gasteiger partial charge is 0.252 e. The molecule has 2 aromatic rings. The number of benzene rings is 1. The summed E-state index contributed by atoms with van der Waals surface area (Å²) in [6, 6.07) is 10.6. The minimum absolute atomic E-state index is 0.219. The number of likely N-dealkylation sites (N-methyl/N-ethyl adjacent to an activating group) is 1. The Labute approximate surface area is 144 Å². The van der Waals surface area contributed by atoms with E-state index in [-0.39, 0.29) is 24.6 Å². The molecule has 0 saturated carbocycles. The number of halogens is 1. The van der Waals surface area contributed by atoms with Crippen molar-refractivity contribution in [1.82, 2.24) is 15.2 Å². The number of rotatable bonds is 4. The molecule has 1 N–H and O–H groups in total. The third-order valence-corrected chi connectivity index (χ3v) is 4.14. The third kappa shape index (κ3) is 3.66. The van der Waals surface area contributed by atoms with Gasteiger partial charge in [0.1, 0.15) is 12.4 Å². The van der Waals surface area contributed by atoms with E-state index in [9.17, 15) is 14.0 Å². The highest BCUT2D eigenvalue weighted by Crippen LogP contribution is 2.30. The van der Waals surface area contributed by atoms with Gasteiger partial charge in [-0.2, -0.15) is 0 Å². The Morgan fingerprint density at radius 2 is 2.08 bits per heavy atom. The number of hydrogen-bond acceptors (Lipinski definition) is 4. The van der Waals surface area contributed by atoms with Crippen LogP contribution in [0.2, 0.25) is 0 Å². The van der Waals surface area contributed by atoms with E-state index < -0.39 is 23.9 Å². The first-order valence-electron chi connectivity index (χ1n) is 7.87. The third-order valence-electron chi connectivity index (χ3n) is 4.14. The summed E-state index contributed by atoms with van der Waals surface area (Å²) in [7, 11) is 1.54. The molecule has 0 aliphatic carbocycles. The van der Waals surface area contributed by atoms with Gasteiger partial charge in [0.2, 0.25) is 5.91 Å². The lowest BCUT2D eigenvalue weighted by molar-refractivity contribution is -0.162. The van der Waals surface area contributed by atoms with Crippen molar-refractivity contribution in [2.24, 2.45) is 0 Å². The second-order valence-corrected chi connectivity index (χ2v) is 5.74. The summed E-state index contributed by atoms with van der Waals surface area (Å²) in [6.45, 7) is 0.00428. The van der Waals surface area contributed by atoms with Crippen LogP contribution >= 0.6 is 0 Å². The van der Waals surface area contributed by atoms with Crippen LogP contribution in [0.25, 0.3) is 0 Å². The molecule has 1 saturated heterocycles. The molecule has 0 radical (unpaired) electrons. The predicted octanol–water partition coefficient (Wildman–Crippen LogP) is 1.44. The molecule has 1 aromatic heterocycles. The fraction of sp³-hybridized carbons (Fsp3) is 0.278. The maximum Gasteiger partial charge on any atom is 0.252 e. The molecular formula is C18H18FN3O3. The molecular weight excluding hydrogens is 325 g/mol. The molecule has 0 spiro atoms. The number of ether oxygens (including phenoxy) is 1. The summed E-state index contributed by atoms with van der Waals surface area (Å²) in [5.41, 5.74) is 0.939. The molecule has 7 heteroatoms. The number of amides is 2. The van der Waals surface area contributed by atoms with Crippen molar-refractivity contribution < 1.29 is 18.7 Å². The van der Waals surface area contributed by atoms with Crippen molar-refractivity contribution in [2.45, 2.75) is 18.7 Å². The van der Waals surface area contributed by atoms with Gasteiger partial charge in [-0.15, -0.1) is 0 Å². The summed E-state index contributed by atoms with van der Waals surface area (Å²) in [5, 5.41) is 2.74. The SMILES string of the molecule is CN1C(=O)CO[C@@H](C(=O)NCc2ccccn2)[C@@H]1c1ccccc1F. The lowest BCUT2D eigenvalue weighted by Crippen LogP contribution is -2.53. The molecule has 0 bridgehead atoms. The number of carbonyl (C=O) groups is 2. The quantitative estimate of drug-likeness (QED) is 0.912. The molecule has 1 aliphatic heterocycles. The number of aromatic nitrogens is 1. The zero-order valence-corrected chi connectivity index (χ0v) is 13.7. The lowest BCUT2D eigenvalue weighted by atomic mass is 9.97. The van der Waals surface area contributed by atoms with Crippen molar-refractivity contribution in [1.29, 1.82) is 0 Å². The average molecular weight is 343 g/mol. The molecule has 25 heavy (non-hydrogen) atoms. The van der Waals surface area contributed by atoms with E-state index in [0.29, 0.717) is 5.69 Å². The van der Waals surface area contributed by atoms with Crippen LogP contribution < -0.4 is 5.32 Å². The van der Waals surface area contributed by atoms with E-state index in [1.54, 1.807) is 43.6 Å². The Bertz CT molecular complexity index is 769. The minimum atomic E-state index is -0.997. The first-order valence-corrected chi connectivity index (χ1v) is 7.87. The van der Waals surface area contributed by atoms with Crippen molar-refractivity contribution in [2.75, 3.05) is 13.7 Å². The van der Waals surface area contributed by atoms with Crippen molar-refractivity contribution in [3.8, 4) is 0 Å². The van der Waals surface area contributed by atoms with Gasteiger partial charge < -0.3 is 15.0 Å². The largest absolute Gasteiger partial charge is 0.356 e. The van der Waals surface area contributed by atoms with E-state index in [4.69, 9.17) is 4.74 Å². The maximum absolute atomic E-state index is 14.2. The molecule has 1 aliphatic rings. The highest BCUT2D eigenvalue weighted by atomic mass is 19.1. The average Bonchev–Trinajstić information content (AvgIpc) is 2.63. The molecule has 130 valence electrons. The number of hydrogen-bond donors (Lipinski definition) is 1. The Balaban J connectivity index is 1.81. The van der Waals surface area contributed by atoms with Crippen LogP contribution in [0.1, 0.15) is 17.3 Å². The Hall–Kier alpha value is -2.80. The fourth-order valence-corrected chi connectivity index (χ4v) is 2.80. The highest BCUT2D eigenvalue weighted by Gasteiger charge is 2.41. The van der Waals surface area contributed by atoms with Gasteiger partial charge in [-0.25, -0.2) is 4.39 Å². The summed E-state index contributed by atoms with van der Waals surface area (Å²) in [6.07, 6.45) is 0.635. The zero-order valence-electron chi connectivity index (χ0n) is 13.7. The van der Waals surface area contributed by atoms with E-state index in [1.807, 2.05) is 6.07 Å². The predicted molar refractivity (Wildman–Crippen MR) is 87.7 cm³/mol. The van der Waals surface area contributed by atoms with Crippen LogP contribution in [-0.4, -0.2) is 41.5 Å². The highest BCUT2D eigenvalue weighted by molar-refractivity contribution is 5.86. The maximum atomic E-state index is 14.2. The second-order valence-electron chi connectivity index (χ2n) is 5.74. The molecule has 1 fully saturated rings. The minimum Gasteiger partial charge on any atom is -0.356 e. The van der Waals surface area contributed by atoms with Gasteiger partial charge in [0.15, 0.2) is 6.10 Å². The van der Waals surface area contributed by atoms with Gasteiger partial charge in [0.05, 0.1) is 18.3 Å². The molecule has 2 atom stereocenters. The van der Waals surface area contributed by atoms with Crippen LogP contribution in [0, 0.1) is 5.82 Å². The summed E-state index contributed by atoms with van der Waals surface area (Å²) in [5.74, 6) is -1.21. The standard InChI is InChI=1S/C18H18FN3O3/c1-22-15(23)11-25-17(16(22)13-7-2-3-8-14(13)19)18(24)21-10-12-6-4-5-9-20-12/h2-9,16-17H,10-11H2,1H3,(H,21,24)/t16-,17+/m0/s1. The van der Waals surface area contributed by atoms with Gasteiger partial charge in [-0.3, -0.25) is 14.6 Å². The first kappa shape index (κ1) is 17.0. The Morgan fingerprint density at radius 3 is 2.80 bits per heavy atom. The van der Waals surface area contributed by atoms with Crippen LogP contribution in [0.15, 0.2) is 48.7 Å². The molecule has 6 nitrogen and oxygen atoms in total. The Kier molecular flexibility index (Phi) is 5.04. The number of pyridine rings is 1. The normalized spacial score (nSPS) is 20.4. The summed E-state index contributed by atoms with van der Waals surface area (Å²) < 4.78 is 19.7. The van der Waals surface area contributed by atoms with E-state index in [1.165, 1.54) is 11.0 Å². The van der Waals surface area contributed by atoms with Crippen LogP contribution in [0.5, 0.6) is 0 Å². The molecule has 3 rings (SSSR count). The van der Waals surface area contributed by atoms with Gasteiger partial charge in [0.25, 0.3) is 5.91 Å². The molecule has 0 unspecified atom stereocenters.